The molecule has 37 heavy (non-hydrogen) atoms. The highest BCUT2D eigenvalue weighted by Gasteiger charge is 2.28. The molecule has 0 fully saturated rings. The quantitative estimate of drug-likeness (QED) is 0.251. The number of methoxy groups -OCH3 is 1. The van der Waals surface area contributed by atoms with Crippen LogP contribution in [0.5, 0.6) is 5.75 Å². The van der Waals surface area contributed by atoms with Crippen LogP contribution in [0.4, 0.5) is 0 Å². The van der Waals surface area contributed by atoms with Gasteiger partial charge in [-0.05, 0) is 69.2 Å². The summed E-state index contributed by atoms with van der Waals surface area (Å²) in [5.74, 6) is 1.06. The summed E-state index contributed by atoms with van der Waals surface area (Å²) in [6.07, 6.45) is 2.90. The highest BCUT2D eigenvalue weighted by Crippen LogP contribution is 2.27. The second kappa shape index (κ2) is 11.4. The Morgan fingerprint density at radius 3 is 2.54 bits per heavy atom. The van der Waals surface area contributed by atoms with Crippen molar-refractivity contribution in [3.8, 4) is 11.4 Å². The van der Waals surface area contributed by atoms with Gasteiger partial charge in [0, 0.05) is 12.1 Å². The van der Waals surface area contributed by atoms with Crippen LogP contribution in [0.3, 0.4) is 0 Å². The molecule has 192 valence electrons. The molecule has 0 saturated carbocycles. The van der Waals surface area contributed by atoms with Gasteiger partial charge in [-0.2, -0.15) is 0 Å². The minimum atomic E-state index is -0.450. The monoisotopic (exact) mass is 497 g/mol. The van der Waals surface area contributed by atoms with Crippen molar-refractivity contribution in [2.45, 2.75) is 53.0 Å². The second-order valence-corrected chi connectivity index (χ2v) is 9.53. The van der Waals surface area contributed by atoms with Crippen molar-refractivity contribution >= 4 is 16.8 Å². The first-order chi connectivity index (χ1) is 17.8. The number of carbonyl (C=O) groups is 1. The van der Waals surface area contributed by atoms with Crippen LogP contribution in [0, 0.1) is 13.8 Å². The third kappa shape index (κ3) is 5.43. The molecule has 1 atom stereocenters. The van der Waals surface area contributed by atoms with Gasteiger partial charge < -0.3 is 9.64 Å². The molecule has 0 spiro atoms. The number of unbranched alkanes of at least 4 members (excludes halogenated alkanes) is 2. The van der Waals surface area contributed by atoms with Gasteiger partial charge in [0.05, 0.1) is 29.7 Å². The first-order valence-electron chi connectivity index (χ1n) is 12.9. The average molecular weight is 498 g/mol. The molecule has 0 aliphatic carbocycles. The summed E-state index contributed by atoms with van der Waals surface area (Å²) < 4.78 is 7.05. The zero-order valence-electron chi connectivity index (χ0n) is 22.3. The van der Waals surface area contributed by atoms with E-state index in [9.17, 15) is 9.59 Å². The Bertz CT molecular complexity index is 1470. The maximum atomic E-state index is 13.9. The number of fused-ring (bicyclic) bond motifs is 1. The predicted molar refractivity (Wildman–Crippen MR) is 149 cm³/mol. The lowest BCUT2D eigenvalue weighted by Crippen LogP contribution is -2.38. The Labute approximate surface area is 218 Å². The van der Waals surface area contributed by atoms with Gasteiger partial charge in [-0.3, -0.25) is 14.2 Å². The third-order valence-corrected chi connectivity index (χ3v) is 6.82. The van der Waals surface area contributed by atoms with E-state index in [1.54, 1.807) is 29.9 Å². The van der Waals surface area contributed by atoms with Crippen LogP contribution in [0.15, 0.2) is 71.5 Å². The summed E-state index contributed by atoms with van der Waals surface area (Å²) in [6.45, 7) is 8.68. The molecule has 0 aliphatic rings. The first kappa shape index (κ1) is 26.1. The molecule has 4 aromatic rings. The maximum absolute atomic E-state index is 13.9. The van der Waals surface area contributed by atoms with Crippen molar-refractivity contribution in [1.29, 1.82) is 0 Å². The topological polar surface area (TPSA) is 64.4 Å². The Morgan fingerprint density at radius 1 is 1.03 bits per heavy atom. The number of para-hydroxylation sites is 1. The van der Waals surface area contributed by atoms with Crippen LogP contribution in [-0.2, 0) is 0 Å². The minimum Gasteiger partial charge on any atom is -0.497 e. The lowest BCUT2D eigenvalue weighted by molar-refractivity contribution is 0.0677. The summed E-state index contributed by atoms with van der Waals surface area (Å²) >= 11 is 0. The van der Waals surface area contributed by atoms with E-state index < -0.39 is 6.04 Å². The molecule has 0 radical (unpaired) electrons. The molecule has 4 rings (SSSR count). The summed E-state index contributed by atoms with van der Waals surface area (Å²) in [7, 11) is 1.59. The summed E-state index contributed by atoms with van der Waals surface area (Å²) in [4.78, 5) is 34.6. The van der Waals surface area contributed by atoms with Crippen LogP contribution >= 0.6 is 0 Å². The van der Waals surface area contributed by atoms with E-state index in [1.807, 2.05) is 68.1 Å². The fraction of sp³-hybridized carbons (Fsp3) is 0.323. The van der Waals surface area contributed by atoms with Gasteiger partial charge in [0.2, 0.25) is 0 Å². The van der Waals surface area contributed by atoms with E-state index in [2.05, 4.69) is 13.0 Å². The first-order valence-corrected chi connectivity index (χ1v) is 12.9. The Morgan fingerprint density at radius 2 is 1.81 bits per heavy atom. The molecule has 6 heteroatoms. The second-order valence-electron chi connectivity index (χ2n) is 9.53. The Kier molecular flexibility index (Phi) is 8.07. The fourth-order valence-electron chi connectivity index (χ4n) is 4.78. The van der Waals surface area contributed by atoms with Crippen molar-refractivity contribution in [2.75, 3.05) is 13.7 Å². The van der Waals surface area contributed by atoms with Crippen molar-refractivity contribution in [1.82, 2.24) is 14.5 Å². The Hall–Kier alpha value is -3.93. The molecule has 1 heterocycles. The molecule has 1 amide bonds. The molecular weight excluding hydrogens is 462 g/mol. The van der Waals surface area contributed by atoms with Crippen molar-refractivity contribution < 1.29 is 9.53 Å². The van der Waals surface area contributed by atoms with Gasteiger partial charge in [-0.1, -0.05) is 55.7 Å². The minimum absolute atomic E-state index is 0.114. The van der Waals surface area contributed by atoms with Crippen LogP contribution in [0.1, 0.15) is 66.5 Å². The average Bonchev–Trinajstić information content (AvgIpc) is 2.91. The standard InChI is InChI=1S/C31H35N3O3/c1-6-7-10-18-33(30(35)24-12-11-13-25(20-24)37-5)23(4)29-32-27-15-9-8-14-26(27)31(36)34(29)28-17-16-21(2)19-22(28)3/h8-9,11-17,19-20,23H,6-7,10,18H2,1-5H3. The molecule has 0 bridgehead atoms. The number of hydrogen-bond donors (Lipinski definition) is 0. The molecule has 1 aromatic heterocycles. The van der Waals surface area contributed by atoms with Crippen LogP contribution in [0.25, 0.3) is 16.6 Å². The molecule has 6 nitrogen and oxygen atoms in total. The lowest BCUT2D eigenvalue weighted by atomic mass is 10.1. The third-order valence-electron chi connectivity index (χ3n) is 6.82. The largest absolute Gasteiger partial charge is 0.497 e. The van der Waals surface area contributed by atoms with Gasteiger partial charge in [0.25, 0.3) is 11.5 Å². The zero-order valence-corrected chi connectivity index (χ0v) is 22.3. The van der Waals surface area contributed by atoms with Crippen molar-refractivity contribution in [3.05, 3.63) is 99.6 Å². The number of hydrogen-bond acceptors (Lipinski definition) is 4. The van der Waals surface area contributed by atoms with E-state index >= 15 is 0 Å². The molecular formula is C31H35N3O3. The Balaban J connectivity index is 1.90. The number of aromatic nitrogens is 2. The smallest absolute Gasteiger partial charge is 0.266 e. The molecule has 0 saturated heterocycles. The van der Waals surface area contributed by atoms with E-state index in [4.69, 9.17) is 9.72 Å². The van der Waals surface area contributed by atoms with Crippen LogP contribution < -0.4 is 10.3 Å². The number of amides is 1. The van der Waals surface area contributed by atoms with Crippen LogP contribution in [-0.4, -0.2) is 34.0 Å². The molecule has 0 aliphatic heterocycles. The SMILES string of the molecule is CCCCCN(C(=O)c1cccc(OC)c1)C(C)c1nc2ccccc2c(=O)n1-c1ccc(C)cc1C. The number of nitrogens with zero attached hydrogens (tertiary/aromatic N) is 3. The van der Waals surface area contributed by atoms with E-state index in [-0.39, 0.29) is 11.5 Å². The lowest BCUT2D eigenvalue weighted by Gasteiger charge is -2.31. The van der Waals surface area contributed by atoms with E-state index in [0.717, 1.165) is 36.1 Å². The summed E-state index contributed by atoms with van der Waals surface area (Å²) in [5, 5.41) is 0.551. The van der Waals surface area contributed by atoms with E-state index in [0.29, 0.717) is 34.6 Å². The van der Waals surface area contributed by atoms with Crippen molar-refractivity contribution in [3.63, 3.8) is 0 Å². The zero-order chi connectivity index (χ0) is 26.5. The van der Waals surface area contributed by atoms with Gasteiger partial charge in [-0.25, -0.2) is 4.98 Å². The van der Waals surface area contributed by atoms with Gasteiger partial charge in [0.15, 0.2) is 0 Å². The number of rotatable bonds is 9. The summed E-state index contributed by atoms with van der Waals surface area (Å²) in [5.41, 5.74) is 3.90. The molecule has 0 N–H and O–H groups in total. The van der Waals surface area contributed by atoms with Gasteiger partial charge >= 0.3 is 0 Å². The molecule has 1 unspecified atom stereocenters. The fourth-order valence-corrected chi connectivity index (χ4v) is 4.78. The maximum Gasteiger partial charge on any atom is 0.266 e. The predicted octanol–water partition coefficient (Wildman–Crippen LogP) is 6.40. The number of carbonyl (C=O) groups excluding carboxylic acids is 1. The van der Waals surface area contributed by atoms with Gasteiger partial charge in [0.1, 0.15) is 11.6 Å². The summed E-state index contributed by atoms with van der Waals surface area (Å²) in [6, 6.07) is 20.2. The number of benzene rings is 3. The normalized spacial score (nSPS) is 11.9. The van der Waals surface area contributed by atoms with Crippen molar-refractivity contribution in [2.24, 2.45) is 0 Å². The highest BCUT2D eigenvalue weighted by molar-refractivity contribution is 5.95. The highest BCUT2D eigenvalue weighted by atomic mass is 16.5. The van der Waals surface area contributed by atoms with E-state index in [1.165, 1.54) is 0 Å². The number of aryl methyl sites for hydroxylation is 2. The van der Waals surface area contributed by atoms with Gasteiger partial charge in [-0.15, -0.1) is 0 Å². The van der Waals surface area contributed by atoms with Crippen LogP contribution in [0.2, 0.25) is 0 Å². The molecule has 3 aromatic carbocycles. The number of ether oxygens (including phenoxy) is 1.